The molecule has 16 atom stereocenters. The van der Waals surface area contributed by atoms with Crippen LogP contribution < -0.4 is 0 Å². The second-order valence-corrected chi connectivity index (χ2v) is 16.8. The summed E-state index contributed by atoms with van der Waals surface area (Å²) in [6.45, 7) is 12.9. The summed E-state index contributed by atoms with van der Waals surface area (Å²) < 4.78 is 27.2. The fraction of sp³-hybridized carbons (Fsp3) is 0.943. The maximum atomic E-state index is 12.7. The predicted octanol–water partition coefficient (Wildman–Crippen LogP) is 5.93. The minimum Gasteiger partial charge on any atom is -0.345 e. The molecule has 2 saturated carbocycles. The van der Waals surface area contributed by atoms with E-state index in [-0.39, 0.29) is 41.6 Å². The molecule has 8 heterocycles. The third-order valence-electron chi connectivity index (χ3n) is 13.8. The number of hydrogen-bond acceptors (Lipinski definition) is 11. The molecule has 10 aliphatic rings. The first kappa shape index (κ1) is 32.8. The van der Waals surface area contributed by atoms with Crippen LogP contribution in [0, 0.1) is 47.3 Å². The Morgan fingerprint density at radius 1 is 0.723 bits per heavy atom. The topological polar surface area (TPSA) is 116 Å². The Balaban J connectivity index is 1.13. The zero-order chi connectivity index (χ0) is 33.1. The molecule has 0 N–H and O–H groups in total. The molecule has 2 spiro atoms. The van der Waals surface area contributed by atoms with E-state index in [1.807, 2.05) is 13.8 Å². The van der Waals surface area contributed by atoms with E-state index in [2.05, 4.69) is 32.9 Å². The Kier molecular flexibility index (Phi) is 7.90. The zero-order valence-corrected chi connectivity index (χ0v) is 29.3. The van der Waals surface area contributed by atoms with Crippen molar-refractivity contribution >= 4 is 11.8 Å². The molecule has 2 unspecified atom stereocenters. The maximum Gasteiger partial charge on any atom is 0.435 e. The first-order valence-electron chi connectivity index (χ1n) is 18.2. The van der Waals surface area contributed by atoms with Gasteiger partial charge in [-0.3, -0.25) is 4.84 Å². The summed E-state index contributed by atoms with van der Waals surface area (Å²) >= 11 is 0. The van der Waals surface area contributed by atoms with Gasteiger partial charge in [-0.25, -0.2) is 24.3 Å². The highest BCUT2D eigenvalue weighted by Crippen LogP contribution is 2.63. The highest BCUT2D eigenvalue weighted by atomic mass is 17.3. The van der Waals surface area contributed by atoms with Gasteiger partial charge in [-0.15, -0.1) is 0 Å². The Morgan fingerprint density at radius 2 is 1.26 bits per heavy atom. The van der Waals surface area contributed by atoms with Crippen LogP contribution in [0.3, 0.4) is 0 Å². The van der Waals surface area contributed by atoms with Gasteiger partial charge in [0, 0.05) is 45.2 Å². The van der Waals surface area contributed by atoms with Crippen LogP contribution in [0.2, 0.25) is 0 Å². The molecule has 0 aromatic carbocycles. The van der Waals surface area contributed by atoms with E-state index in [4.69, 9.17) is 43.3 Å². The van der Waals surface area contributed by atoms with Gasteiger partial charge in [-0.2, -0.15) is 0 Å². The van der Waals surface area contributed by atoms with Crippen LogP contribution in [0.5, 0.6) is 0 Å². The number of amides is 1. The quantitative estimate of drug-likeness (QED) is 0.155. The molecule has 264 valence electrons. The lowest BCUT2D eigenvalue weighted by Crippen LogP contribution is -2.71. The number of carbonyl (C=O) groups excluding carboxylic acids is 1. The lowest BCUT2D eigenvalue weighted by molar-refractivity contribution is -0.571. The van der Waals surface area contributed by atoms with Gasteiger partial charge in [0.2, 0.25) is 11.6 Å². The van der Waals surface area contributed by atoms with Crippen molar-refractivity contribution in [2.24, 2.45) is 52.5 Å². The molecule has 12 heteroatoms. The molecule has 12 nitrogen and oxygen atoms in total. The van der Waals surface area contributed by atoms with Crippen LogP contribution in [0.25, 0.3) is 0 Å². The molecule has 8 aliphatic heterocycles. The van der Waals surface area contributed by atoms with Crippen molar-refractivity contribution < 1.29 is 48.1 Å². The minimum atomic E-state index is -0.893. The highest BCUT2D eigenvalue weighted by molar-refractivity contribution is 5.90. The van der Waals surface area contributed by atoms with E-state index in [0.29, 0.717) is 24.0 Å². The van der Waals surface area contributed by atoms with E-state index in [9.17, 15) is 4.79 Å². The third kappa shape index (κ3) is 4.82. The van der Waals surface area contributed by atoms with Gasteiger partial charge in [-0.05, 0) is 87.9 Å². The second kappa shape index (κ2) is 11.3. The first-order chi connectivity index (χ1) is 22.3. The number of hydrogen-bond donors (Lipinski definition) is 0. The van der Waals surface area contributed by atoms with Gasteiger partial charge in [0.25, 0.3) is 0 Å². The van der Waals surface area contributed by atoms with Crippen LogP contribution in [-0.4, -0.2) is 78.4 Å². The average molecular weight is 663 g/mol. The summed E-state index contributed by atoms with van der Waals surface area (Å²) in [6, 6.07) is 0. The van der Waals surface area contributed by atoms with E-state index in [1.165, 1.54) is 4.90 Å². The highest BCUT2D eigenvalue weighted by Gasteiger charge is 2.71. The Bertz CT molecular complexity index is 1280. The standard InChI is InChI=1S/C35H54N2O10/c1-18-9-11-24-20(3)27(39-29-34(24)22(18)13-15-32(5,41-29)44-46-34)17-26(36-43-31(38)37(7)8)28-21(4)25-12-10-19(2)23-14-16-33(6)42-30(40-28)35(23,25)47-45-33/h18-25,27-30H,9-17H2,1-8H3/b36-26-/t18-,19-,20-,21-,22+,23+,24+,25+,27-,28+,29-,30-,32+,33+,34?,35?/m1/s1. The van der Waals surface area contributed by atoms with Crippen LogP contribution in [0.15, 0.2) is 5.16 Å². The molecule has 10 rings (SSSR count). The summed E-state index contributed by atoms with van der Waals surface area (Å²) in [4.78, 5) is 44.5. The SMILES string of the molecule is C[C@H]1[C@@H](/C(C[C@H]2O[C@@H]3O[C@]4(C)CC[C@H]5[C@H](C)CC[C@@H]([C@H]2C)C35OO4)=N\OC(=O)N(C)C)O[C@@H]2O[C@]3(C)CC[C@H]4[C@H](C)CC[C@@H]1C24OO3. The molecule has 47 heavy (non-hydrogen) atoms. The summed E-state index contributed by atoms with van der Waals surface area (Å²) in [6.07, 6.45) is 5.45. The van der Waals surface area contributed by atoms with Crippen molar-refractivity contribution in [1.82, 2.24) is 4.90 Å². The number of oxime groups is 1. The van der Waals surface area contributed by atoms with E-state index < -0.39 is 47.6 Å². The van der Waals surface area contributed by atoms with Gasteiger partial charge >= 0.3 is 6.09 Å². The molecular weight excluding hydrogens is 608 g/mol. The largest absolute Gasteiger partial charge is 0.435 e. The van der Waals surface area contributed by atoms with Crippen LogP contribution in [0.1, 0.15) is 99.3 Å². The Hall–Kier alpha value is -1.38. The number of ether oxygens (including phenoxy) is 4. The van der Waals surface area contributed by atoms with Gasteiger partial charge in [0.1, 0.15) is 6.10 Å². The summed E-state index contributed by atoms with van der Waals surface area (Å²) in [5, 5.41) is 4.58. The maximum absolute atomic E-state index is 12.7. The fourth-order valence-electron chi connectivity index (χ4n) is 11.1. The molecule has 0 aromatic heterocycles. The van der Waals surface area contributed by atoms with Crippen molar-refractivity contribution in [3.63, 3.8) is 0 Å². The lowest BCUT2D eigenvalue weighted by Gasteiger charge is -2.61. The van der Waals surface area contributed by atoms with E-state index in [0.717, 1.165) is 51.4 Å². The fourth-order valence-corrected chi connectivity index (χ4v) is 11.1. The van der Waals surface area contributed by atoms with Crippen molar-refractivity contribution in [1.29, 1.82) is 0 Å². The second-order valence-electron chi connectivity index (χ2n) is 16.8. The molecule has 4 bridgehead atoms. The van der Waals surface area contributed by atoms with Gasteiger partial charge in [0.05, 0.1) is 11.8 Å². The molecular formula is C35H54N2O10. The van der Waals surface area contributed by atoms with Gasteiger partial charge < -0.3 is 23.8 Å². The van der Waals surface area contributed by atoms with Crippen molar-refractivity contribution in [2.75, 3.05) is 14.1 Å². The molecule has 10 fully saturated rings. The number of carbonyl (C=O) groups is 1. The number of nitrogens with zero attached hydrogens (tertiary/aromatic N) is 2. The number of rotatable bonds is 4. The molecule has 1 amide bonds. The van der Waals surface area contributed by atoms with Crippen molar-refractivity contribution in [3.05, 3.63) is 0 Å². The van der Waals surface area contributed by atoms with Crippen molar-refractivity contribution in [2.45, 2.75) is 147 Å². The van der Waals surface area contributed by atoms with Gasteiger partial charge in [0.15, 0.2) is 23.8 Å². The molecule has 0 aromatic rings. The van der Waals surface area contributed by atoms with E-state index >= 15 is 0 Å². The molecule has 2 aliphatic carbocycles. The van der Waals surface area contributed by atoms with Gasteiger partial charge in [-0.1, -0.05) is 32.9 Å². The normalized spacial score (nSPS) is 54.9. The van der Waals surface area contributed by atoms with E-state index in [1.54, 1.807) is 14.1 Å². The van der Waals surface area contributed by atoms with Crippen LogP contribution in [-0.2, 0) is 43.3 Å². The van der Waals surface area contributed by atoms with Crippen molar-refractivity contribution in [3.8, 4) is 0 Å². The zero-order valence-electron chi connectivity index (χ0n) is 29.3. The number of fused-ring (bicyclic) bond motifs is 4. The lowest BCUT2D eigenvalue weighted by atomic mass is 9.56. The monoisotopic (exact) mass is 662 g/mol. The summed E-state index contributed by atoms with van der Waals surface area (Å²) in [5.41, 5.74) is -0.736. The van der Waals surface area contributed by atoms with Crippen LogP contribution >= 0.6 is 0 Å². The predicted molar refractivity (Wildman–Crippen MR) is 166 cm³/mol. The Labute approximate surface area is 278 Å². The summed E-state index contributed by atoms with van der Waals surface area (Å²) in [7, 11) is 3.29. The molecule has 8 saturated heterocycles. The summed E-state index contributed by atoms with van der Waals surface area (Å²) in [5.74, 6) is 0.0490. The molecule has 0 radical (unpaired) electrons. The third-order valence-corrected chi connectivity index (χ3v) is 13.8. The minimum absolute atomic E-state index is 0.0151. The first-order valence-corrected chi connectivity index (χ1v) is 18.2. The van der Waals surface area contributed by atoms with Crippen LogP contribution in [0.4, 0.5) is 4.79 Å². The smallest absolute Gasteiger partial charge is 0.345 e. The Morgan fingerprint density at radius 3 is 1.81 bits per heavy atom. The average Bonchev–Trinajstić information content (AvgIpc) is 3.41.